The van der Waals surface area contributed by atoms with Crippen LogP contribution in [0, 0.1) is 0 Å². The number of thioether (sulfide) groups is 1. The Kier molecular flexibility index (Phi) is 20.0. The summed E-state index contributed by atoms with van der Waals surface area (Å²) in [6, 6.07) is 0. The van der Waals surface area contributed by atoms with Gasteiger partial charge in [0.25, 0.3) is 0 Å². The number of unbranched alkanes of at least 4 members (excludes halogenated alkanes) is 13. The van der Waals surface area contributed by atoms with Crippen molar-refractivity contribution in [3.05, 3.63) is 0 Å². The van der Waals surface area contributed by atoms with Gasteiger partial charge in [0.05, 0.1) is 0 Å². The molecule has 0 radical (unpaired) electrons. The zero-order valence-electron chi connectivity index (χ0n) is 15.6. The molecule has 0 atom stereocenters. The van der Waals surface area contributed by atoms with E-state index in [9.17, 15) is 4.79 Å². The van der Waals surface area contributed by atoms with Crippen molar-refractivity contribution < 1.29 is 4.79 Å². The minimum Gasteiger partial charge on any atom is -0.330 e. The maximum Gasteiger partial charge on any atom is 0.188 e. The van der Waals surface area contributed by atoms with Crippen molar-refractivity contribution in [1.29, 1.82) is 0 Å². The van der Waals surface area contributed by atoms with Crippen molar-refractivity contribution in [2.24, 2.45) is 5.73 Å². The van der Waals surface area contributed by atoms with Gasteiger partial charge < -0.3 is 5.73 Å². The highest BCUT2D eigenvalue weighted by molar-refractivity contribution is 8.13. The molecule has 0 aliphatic heterocycles. The highest BCUT2D eigenvalue weighted by Gasteiger charge is 2.02. The van der Waals surface area contributed by atoms with Crippen LogP contribution >= 0.6 is 11.8 Å². The largest absolute Gasteiger partial charge is 0.330 e. The first-order valence-electron chi connectivity index (χ1n) is 10.2. The molecule has 0 spiro atoms. The molecule has 0 aromatic heterocycles. The Labute approximate surface area is 149 Å². The van der Waals surface area contributed by atoms with Gasteiger partial charge in [-0.15, -0.1) is 0 Å². The van der Waals surface area contributed by atoms with E-state index in [0.717, 1.165) is 38.0 Å². The molecule has 0 fully saturated rings. The van der Waals surface area contributed by atoms with E-state index in [-0.39, 0.29) is 0 Å². The maximum atomic E-state index is 11.6. The number of rotatable bonds is 18. The monoisotopic (exact) mass is 343 g/mol. The fraction of sp³-hybridized carbons (Fsp3) is 0.950. The summed E-state index contributed by atoms with van der Waals surface area (Å²) in [5.74, 6) is 0.953. The summed E-state index contributed by atoms with van der Waals surface area (Å²) in [6.45, 7) is 3.02. The summed E-state index contributed by atoms with van der Waals surface area (Å²) in [7, 11) is 0. The van der Waals surface area contributed by atoms with Crippen LogP contribution in [0.1, 0.15) is 110 Å². The number of hydrogen-bond acceptors (Lipinski definition) is 3. The van der Waals surface area contributed by atoms with Crippen LogP contribution in [0.5, 0.6) is 0 Å². The standard InChI is InChI=1S/C20H41NOS/c1-2-3-4-5-6-7-8-9-10-11-12-13-14-17-20(22)23-19-16-15-18-21/h2-19,21H2,1H3. The third-order valence-electron chi connectivity index (χ3n) is 4.35. The zero-order valence-corrected chi connectivity index (χ0v) is 16.4. The first kappa shape index (κ1) is 23.0. The highest BCUT2D eigenvalue weighted by Crippen LogP contribution is 2.15. The molecule has 0 unspecified atom stereocenters. The average molecular weight is 344 g/mol. The van der Waals surface area contributed by atoms with E-state index < -0.39 is 0 Å². The van der Waals surface area contributed by atoms with Gasteiger partial charge in [-0.1, -0.05) is 95.7 Å². The van der Waals surface area contributed by atoms with Crippen LogP contribution in [0.25, 0.3) is 0 Å². The first-order valence-corrected chi connectivity index (χ1v) is 11.2. The lowest BCUT2D eigenvalue weighted by Crippen LogP contribution is -2.00. The molecule has 3 heteroatoms. The van der Waals surface area contributed by atoms with Crippen LogP contribution < -0.4 is 5.73 Å². The van der Waals surface area contributed by atoms with Crippen molar-refractivity contribution in [1.82, 2.24) is 0 Å². The van der Waals surface area contributed by atoms with Gasteiger partial charge in [0.1, 0.15) is 0 Å². The second-order valence-corrected chi connectivity index (χ2v) is 7.86. The molecule has 0 heterocycles. The third kappa shape index (κ3) is 19.9. The van der Waals surface area contributed by atoms with Gasteiger partial charge in [0, 0.05) is 12.2 Å². The van der Waals surface area contributed by atoms with Gasteiger partial charge in [-0.05, 0) is 25.8 Å². The summed E-state index contributed by atoms with van der Waals surface area (Å²) >= 11 is 1.51. The molecule has 2 nitrogen and oxygen atoms in total. The predicted molar refractivity (Wildman–Crippen MR) is 106 cm³/mol. The summed E-state index contributed by atoms with van der Waals surface area (Å²) in [5.41, 5.74) is 5.44. The van der Waals surface area contributed by atoms with Crippen LogP contribution in [0.3, 0.4) is 0 Å². The fourth-order valence-corrected chi connectivity index (χ4v) is 3.66. The van der Waals surface area contributed by atoms with E-state index >= 15 is 0 Å². The highest BCUT2D eigenvalue weighted by atomic mass is 32.2. The first-order chi connectivity index (χ1) is 11.3. The molecule has 0 aromatic rings. The van der Waals surface area contributed by atoms with E-state index in [0.29, 0.717) is 5.12 Å². The van der Waals surface area contributed by atoms with Crippen molar-refractivity contribution >= 4 is 16.9 Å². The smallest absolute Gasteiger partial charge is 0.188 e. The third-order valence-corrected chi connectivity index (χ3v) is 5.36. The molecule has 0 bridgehead atoms. The number of carbonyl (C=O) groups excluding carboxylic acids is 1. The SMILES string of the molecule is CCCCCCCCCCCCCCCC(=O)SCCCCN. The van der Waals surface area contributed by atoms with Gasteiger partial charge in [-0.2, -0.15) is 0 Å². The Morgan fingerprint density at radius 3 is 1.65 bits per heavy atom. The molecule has 0 saturated carbocycles. The van der Waals surface area contributed by atoms with Crippen LogP contribution in [-0.2, 0) is 4.79 Å². The van der Waals surface area contributed by atoms with Crippen LogP contribution in [0.15, 0.2) is 0 Å². The predicted octanol–water partition coefficient (Wildman–Crippen LogP) is 6.47. The van der Waals surface area contributed by atoms with Crippen LogP contribution in [0.2, 0.25) is 0 Å². The Bertz CT molecular complexity index is 246. The molecular weight excluding hydrogens is 302 g/mol. The number of hydrogen-bond donors (Lipinski definition) is 1. The lowest BCUT2D eigenvalue weighted by atomic mass is 10.0. The van der Waals surface area contributed by atoms with Crippen molar-refractivity contribution in [2.75, 3.05) is 12.3 Å². The summed E-state index contributed by atoms with van der Waals surface area (Å²) in [4.78, 5) is 11.6. The molecule has 0 rings (SSSR count). The molecule has 0 amide bonds. The minimum absolute atomic E-state index is 0.380. The Balaban J connectivity index is 3.08. The molecule has 0 saturated heterocycles. The van der Waals surface area contributed by atoms with Crippen molar-refractivity contribution in [3.63, 3.8) is 0 Å². The molecular formula is C20H41NOS. The lowest BCUT2D eigenvalue weighted by Gasteiger charge is -2.03. The quantitative estimate of drug-likeness (QED) is 0.290. The maximum absolute atomic E-state index is 11.6. The van der Waals surface area contributed by atoms with Gasteiger partial charge in [0.15, 0.2) is 5.12 Å². The van der Waals surface area contributed by atoms with E-state index in [1.54, 1.807) is 0 Å². The van der Waals surface area contributed by atoms with E-state index in [1.807, 2.05) is 0 Å². The Hall–Kier alpha value is -0.0200. The fourth-order valence-electron chi connectivity index (χ4n) is 2.79. The Morgan fingerprint density at radius 2 is 1.17 bits per heavy atom. The minimum atomic E-state index is 0.380. The van der Waals surface area contributed by atoms with Crippen LogP contribution in [-0.4, -0.2) is 17.4 Å². The van der Waals surface area contributed by atoms with E-state index in [1.165, 1.54) is 88.8 Å². The van der Waals surface area contributed by atoms with Gasteiger partial charge in [-0.3, -0.25) is 4.79 Å². The Morgan fingerprint density at radius 1 is 0.696 bits per heavy atom. The second-order valence-electron chi connectivity index (χ2n) is 6.71. The molecule has 0 aromatic carbocycles. The molecule has 0 aliphatic carbocycles. The molecule has 138 valence electrons. The number of carbonyl (C=O) groups is 1. The zero-order chi connectivity index (χ0) is 17.0. The molecule has 23 heavy (non-hydrogen) atoms. The second kappa shape index (κ2) is 20.0. The lowest BCUT2D eigenvalue weighted by molar-refractivity contribution is -0.111. The molecule has 2 N–H and O–H groups in total. The van der Waals surface area contributed by atoms with Crippen LogP contribution in [0.4, 0.5) is 0 Å². The van der Waals surface area contributed by atoms with Crippen molar-refractivity contribution in [3.8, 4) is 0 Å². The van der Waals surface area contributed by atoms with Gasteiger partial charge in [0.2, 0.25) is 0 Å². The van der Waals surface area contributed by atoms with Crippen molar-refractivity contribution in [2.45, 2.75) is 110 Å². The van der Waals surface area contributed by atoms with E-state index in [2.05, 4.69) is 6.92 Å². The summed E-state index contributed by atoms with van der Waals surface area (Å²) < 4.78 is 0. The van der Waals surface area contributed by atoms with Gasteiger partial charge in [-0.25, -0.2) is 0 Å². The topological polar surface area (TPSA) is 43.1 Å². The van der Waals surface area contributed by atoms with E-state index in [4.69, 9.17) is 5.73 Å². The van der Waals surface area contributed by atoms with Gasteiger partial charge >= 0.3 is 0 Å². The number of nitrogens with two attached hydrogens (primary N) is 1. The normalized spacial score (nSPS) is 11.0. The summed E-state index contributed by atoms with van der Waals surface area (Å²) in [5, 5.41) is 0.380. The average Bonchev–Trinajstić information content (AvgIpc) is 2.56. The summed E-state index contributed by atoms with van der Waals surface area (Å²) in [6.07, 6.45) is 20.6. The molecule has 0 aliphatic rings.